The van der Waals surface area contributed by atoms with Gasteiger partial charge in [0.15, 0.2) is 11.4 Å². The van der Waals surface area contributed by atoms with Crippen molar-refractivity contribution in [1.29, 1.82) is 0 Å². The second-order valence-electron chi connectivity index (χ2n) is 9.72. The number of carbonyl (C=O) groups excluding carboxylic acids is 2. The molecular formula is C25H31ClN6O4. The SMILES string of the molecule is COc1cnc2c(C(=O)Nc3cc(Cl)ccc3C(NC(=O)OC(C)(C)C)C3CCNCC3)cnn2c1. The van der Waals surface area contributed by atoms with E-state index in [1.807, 2.05) is 26.8 Å². The van der Waals surface area contributed by atoms with E-state index in [0.29, 0.717) is 27.7 Å². The lowest BCUT2D eigenvalue weighted by Gasteiger charge is -2.33. The van der Waals surface area contributed by atoms with E-state index in [9.17, 15) is 9.59 Å². The van der Waals surface area contributed by atoms with Gasteiger partial charge in [-0.05, 0) is 70.3 Å². The summed E-state index contributed by atoms with van der Waals surface area (Å²) < 4.78 is 12.2. The van der Waals surface area contributed by atoms with Gasteiger partial charge >= 0.3 is 6.09 Å². The highest BCUT2D eigenvalue weighted by molar-refractivity contribution is 6.31. The van der Waals surface area contributed by atoms with Gasteiger partial charge in [-0.25, -0.2) is 14.3 Å². The van der Waals surface area contributed by atoms with Crippen LogP contribution in [0.4, 0.5) is 10.5 Å². The zero-order valence-corrected chi connectivity index (χ0v) is 21.6. The van der Waals surface area contributed by atoms with Crippen molar-refractivity contribution < 1.29 is 19.1 Å². The average Bonchev–Trinajstić information content (AvgIpc) is 3.26. The average molecular weight is 515 g/mol. The molecule has 1 saturated heterocycles. The molecule has 11 heteroatoms. The van der Waals surface area contributed by atoms with Crippen LogP contribution in [0.15, 0.2) is 36.8 Å². The second kappa shape index (κ2) is 10.7. The van der Waals surface area contributed by atoms with Crippen LogP contribution in [0.2, 0.25) is 5.02 Å². The molecule has 1 fully saturated rings. The first-order valence-corrected chi connectivity index (χ1v) is 12.2. The van der Waals surface area contributed by atoms with Crippen molar-refractivity contribution in [2.45, 2.75) is 45.3 Å². The lowest BCUT2D eigenvalue weighted by atomic mass is 9.85. The number of nitrogens with one attached hydrogen (secondary N) is 3. The van der Waals surface area contributed by atoms with Gasteiger partial charge in [-0.2, -0.15) is 5.10 Å². The van der Waals surface area contributed by atoms with E-state index in [-0.39, 0.29) is 12.0 Å². The molecule has 0 saturated carbocycles. The highest BCUT2D eigenvalue weighted by Crippen LogP contribution is 2.35. The monoisotopic (exact) mass is 514 g/mol. The number of rotatable bonds is 6. The van der Waals surface area contributed by atoms with Gasteiger partial charge in [0.05, 0.1) is 31.7 Å². The first-order chi connectivity index (χ1) is 17.1. The molecule has 0 aliphatic carbocycles. The fraction of sp³-hybridized carbons (Fsp3) is 0.440. The van der Waals surface area contributed by atoms with Gasteiger partial charge in [0, 0.05) is 10.7 Å². The molecule has 2 aromatic heterocycles. The predicted octanol–water partition coefficient (Wildman–Crippen LogP) is 4.21. The maximum atomic E-state index is 13.3. The van der Waals surface area contributed by atoms with Gasteiger partial charge in [-0.15, -0.1) is 0 Å². The molecule has 3 aromatic rings. The number of carbonyl (C=O) groups is 2. The molecule has 3 N–H and O–H groups in total. The molecule has 0 spiro atoms. The summed E-state index contributed by atoms with van der Waals surface area (Å²) in [4.78, 5) is 30.4. The number of hydrogen-bond donors (Lipinski definition) is 3. The summed E-state index contributed by atoms with van der Waals surface area (Å²) in [6, 6.07) is 4.88. The summed E-state index contributed by atoms with van der Waals surface area (Å²) in [5.74, 6) is 0.266. The molecule has 1 aliphatic heterocycles. The van der Waals surface area contributed by atoms with E-state index < -0.39 is 17.6 Å². The molecule has 36 heavy (non-hydrogen) atoms. The summed E-state index contributed by atoms with van der Waals surface area (Å²) in [7, 11) is 1.53. The minimum atomic E-state index is -0.640. The van der Waals surface area contributed by atoms with Gasteiger partial charge in [-0.1, -0.05) is 17.7 Å². The van der Waals surface area contributed by atoms with E-state index >= 15 is 0 Å². The fourth-order valence-electron chi connectivity index (χ4n) is 4.28. The molecule has 1 aromatic carbocycles. The Hall–Kier alpha value is -3.37. The number of halogens is 1. The van der Waals surface area contributed by atoms with E-state index in [1.54, 1.807) is 18.3 Å². The zero-order valence-electron chi connectivity index (χ0n) is 20.8. The minimum Gasteiger partial charge on any atom is -0.494 e. The topological polar surface area (TPSA) is 119 Å². The number of benzene rings is 1. The smallest absolute Gasteiger partial charge is 0.408 e. The zero-order chi connectivity index (χ0) is 25.9. The number of fused-ring (bicyclic) bond motifs is 1. The summed E-state index contributed by atoms with van der Waals surface area (Å²) in [5, 5.41) is 14.0. The van der Waals surface area contributed by atoms with Gasteiger partial charge in [0.1, 0.15) is 11.2 Å². The molecule has 3 heterocycles. The van der Waals surface area contributed by atoms with Crippen LogP contribution in [0, 0.1) is 5.92 Å². The first kappa shape index (κ1) is 25.7. The number of aromatic nitrogens is 3. The van der Waals surface area contributed by atoms with Crippen molar-refractivity contribution in [3.05, 3.63) is 52.9 Å². The maximum Gasteiger partial charge on any atom is 0.408 e. The van der Waals surface area contributed by atoms with Crippen LogP contribution in [0.25, 0.3) is 5.65 Å². The summed E-state index contributed by atoms with van der Waals surface area (Å²) >= 11 is 6.32. The number of piperidine rings is 1. The number of hydrogen-bond acceptors (Lipinski definition) is 7. The quantitative estimate of drug-likeness (QED) is 0.451. The Labute approximate surface area is 214 Å². The highest BCUT2D eigenvalue weighted by Gasteiger charge is 2.31. The van der Waals surface area contributed by atoms with E-state index in [0.717, 1.165) is 31.5 Å². The highest BCUT2D eigenvalue weighted by atomic mass is 35.5. The molecular weight excluding hydrogens is 484 g/mol. The lowest BCUT2D eigenvalue weighted by molar-refractivity contribution is 0.0477. The Morgan fingerprint density at radius 2 is 1.97 bits per heavy atom. The van der Waals surface area contributed by atoms with Crippen LogP contribution < -0.4 is 20.7 Å². The summed E-state index contributed by atoms with van der Waals surface area (Å²) in [6.07, 6.45) is 5.81. The standard InChI is InChI=1S/C25H31ClN6O4/c1-25(2,3)36-24(34)31-21(15-7-9-27-10-8-15)18-6-5-16(26)11-20(18)30-23(33)19-13-29-32-14-17(35-4)12-28-22(19)32/h5-6,11-15,21,27H,7-10H2,1-4H3,(H,30,33)(H,31,34). The normalized spacial score (nSPS) is 15.4. The molecule has 1 atom stereocenters. The number of amides is 2. The molecule has 4 rings (SSSR count). The van der Waals surface area contributed by atoms with Crippen molar-refractivity contribution in [1.82, 2.24) is 25.2 Å². The molecule has 10 nitrogen and oxygen atoms in total. The largest absolute Gasteiger partial charge is 0.494 e. The van der Waals surface area contributed by atoms with Crippen LogP contribution in [0.5, 0.6) is 5.75 Å². The third kappa shape index (κ3) is 6.06. The van der Waals surface area contributed by atoms with Crippen molar-refractivity contribution >= 4 is 34.9 Å². The fourth-order valence-corrected chi connectivity index (χ4v) is 4.45. The van der Waals surface area contributed by atoms with Crippen molar-refractivity contribution in [2.24, 2.45) is 5.92 Å². The van der Waals surface area contributed by atoms with Crippen molar-refractivity contribution in [3.8, 4) is 5.75 Å². The molecule has 0 radical (unpaired) electrons. The Bertz CT molecular complexity index is 1250. The molecule has 192 valence electrons. The Morgan fingerprint density at radius 3 is 2.67 bits per heavy atom. The Balaban J connectivity index is 1.66. The van der Waals surface area contributed by atoms with E-state index in [1.165, 1.54) is 24.0 Å². The van der Waals surface area contributed by atoms with Gasteiger partial charge in [-0.3, -0.25) is 4.79 Å². The second-order valence-corrected chi connectivity index (χ2v) is 10.2. The maximum absolute atomic E-state index is 13.3. The predicted molar refractivity (Wildman–Crippen MR) is 137 cm³/mol. The lowest BCUT2D eigenvalue weighted by Crippen LogP contribution is -2.41. The third-order valence-corrected chi connectivity index (χ3v) is 6.17. The van der Waals surface area contributed by atoms with E-state index in [4.69, 9.17) is 21.1 Å². The first-order valence-electron chi connectivity index (χ1n) is 11.8. The van der Waals surface area contributed by atoms with Crippen molar-refractivity contribution in [2.75, 3.05) is 25.5 Å². The number of methoxy groups -OCH3 is 1. The Morgan fingerprint density at radius 1 is 1.22 bits per heavy atom. The van der Waals surface area contributed by atoms with E-state index in [2.05, 4.69) is 26.0 Å². The molecule has 1 aliphatic rings. The molecule has 2 amide bonds. The van der Waals surface area contributed by atoms with Gasteiger partial charge in [0.25, 0.3) is 5.91 Å². The summed E-state index contributed by atoms with van der Waals surface area (Å²) in [5.41, 5.74) is 1.29. The Kier molecular flexibility index (Phi) is 7.65. The van der Waals surface area contributed by atoms with Gasteiger partial charge in [0.2, 0.25) is 0 Å². The van der Waals surface area contributed by atoms with Crippen LogP contribution in [-0.4, -0.2) is 52.4 Å². The number of nitrogens with zero attached hydrogens (tertiary/aromatic N) is 3. The number of ether oxygens (including phenoxy) is 2. The minimum absolute atomic E-state index is 0.140. The summed E-state index contributed by atoms with van der Waals surface area (Å²) in [6.45, 7) is 7.13. The van der Waals surface area contributed by atoms with Crippen molar-refractivity contribution in [3.63, 3.8) is 0 Å². The van der Waals surface area contributed by atoms with Crippen LogP contribution >= 0.6 is 11.6 Å². The van der Waals surface area contributed by atoms with Crippen LogP contribution in [0.3, 0.4) is 0 Å². The third-order valence-electron chi connectivity index (χ3n) is 5.94. The van der Waals surface area contributed by atoms with Crippen LogP contribution in [0.1, 0.15) is 55.6 Å². The molecule has 0 bridgehead atoms. The molecule has 1 unspecified atom stereocenters. The number of alkyl carbamates (subject to hydrolysis) is 1. The number of anilines is 1. The van der Waals surface area contributed by atoms with Crippen LogP contribution in [-0.2, 0) is 4.74 Å². The van der Waals surface area contributed by atoms with Gasteiger partial charge < -0.3 is 25.4 Å².